The fourth-order valence-corrected chi connectivity index (χ4v) is 2.09. The standard InChI is InChI=1S/C13H6Cl3F2NO/c14-9-4-11(16)12(5-10(9)15)19-13(20)6-1-7(17)3-8(18)2-6/h1-5H,(H,19,20). The Kier molecular flexibility index (Phi) is 4.48. The lowest BCUT2D eigenvalue weighted by atomic mass is 10.2. The third-order valence-electron chi connectivity index (χ3n) is 2.38. The van der Waals surface area contributed by atoms with Crippen LogP contribution in [0.2, 0.25) is 15.1 Å². The summed E-state index contributed by atoms with van der Waals surface area (Å²) in [5.74, 6) is -2.42. The van der Waals surface area contributed by atoms with Crippen LogP contribution >= 0.6 is 34.8 Å². The number of anilines is 1. The van der Waals surface area contributed by atoms with Gasteiger partial charge in [-0.1, -0.05) is 34.8 Å². The summed E-state index contributed by atoms with van der Waals surface area (Å²) in [5.41, 5.74) is 0.0142. The highest BCUT2D eigenvalue weighted by molar-refractivity contribution is 6.44. The summed E-state index contributed by atoms with van der Waals surface area (Å²) in [4.78, 5) is 11.9. The largest absolute Gasteiger partial charge is 0.321 e. The second-order valence-corrected chi connectivity index (χ2v) is 5.08. The Labute approximate surface area is 128 Å². The van der Waals surface area contributed by atoms with Crippen LogP contribution in [0.25, 0.3) is 0 Å². The van der Waals surface area contributed by atoms with Crippen molar-refractivity contribution >= 4 is 46.4 Å². The molecule has 0 aliphatic rings. The first-order valence-corrected chi connectivity index (χ1v) is 6.42. The molecular weight excluding hydrogens is 331 g/mol. The molecule has 104 valence electrons. The zero-order valence-corrected chi connectivity index (χ0v) is 12.0. The Hall–Kier alpha value is -1.36. The van der Waals surface area contributed by atoms with Gasteiger partial charge in [-0.2, -0.15) is 0 Å². The van der Waals surface area contributed by atoms with E-state index < -0.39 is 17.5 Å². The van der Waals surface area contributed by atoms with Gasteiger partial charge >= 0.3 is 0 Å². The second kappa shape index (κ2) is 5.95. The Morgan fingerprint density at radius 3 is 2.00 bits per heavy atom. The molecule has 0 aliphatic carbocycles. The first-order chi connectivity index (χ1) is 9.36. The highest BCUT2D eigenvalue weighted by Gasteiger charge is 2.13. The Morgan fingerprint density at radius 1 is 0.850 bits per heavy atom. The minimum Gasteiger partial charge on any atom is -0.321 e. The van der Waals surface area contributed by atoms with E-state index in [0.717, 1.165) is 12.1 Å². The quantitative estimate of drug-likeness (QED) is 0.752. The number of carbonyl (C=O) groups is 1. The number of nitrogens with one attached hydrogen (secondary N) is 1. The number of hydrogen-bond acceptors (Lipinski definition) is 1. The van der Waals surface area contributed by atoms with Gasteiger partial charge in [-0.15, -0.1) is 0 Å². The van der Waals surface area contributed by atoms with Crippen molar-refractivity contribution in [2.45, 2.75) is 0 Å². The van der Waals surface area contributed by atoms with Gasteiger partial charge in [0, 0.05) is 11.6 Å². The average molecular weight is 337 g/mol. The first kappa shape index (κ1) is 15.0. The van der Waals surface area contributed by atoms with Crippen molar-refractivity contribution in [3.63, 3.8) is 0 Å². The predicted molar refractivity (Wildman–Crippen MR) is 75.8 cm³/mol. The number of amides is 1. The normalized spacial score (nSPS) is 10.4. The first-order valence-electron chi connectivity index (χ1n) is 5.29. The second-order valence-electron chi connectivity index (χ2n) is 3.86. The number of halogens is 5. The van der Waals surface area contributed by atoms with Gasteiger partial charge in [0.25, 0.3) is 5.91 Å². The maximum Gasteiger partial charge on any atom is 0.255 e. The Balaban J connectivity index is 2.30. The van der Waals surface area contributed by atoms with Crippen LogP contribution in [0.1, 0.15) is 10.4 Å². The molecule has 1 N–H and O–H groups in total. The van der Waals surface area contributed by atoms with E-state index in [9.17, 15) is 13.6 Å². The van der Waals surface area contributed by atoms with E-state index in [2.05, 4.69) is 5.32 Å². The molecule has 0 heterocycles. The molecule has 0 unspecified atom stereocenters. The third kappa shape index (κ3) is 3.39. The van der Waals surface area contributed by atoms with Crippen LogP contribution in [0.3, 0.4) is 0 Å². The lowest BCUT2D eigenvalue weighted by Gasteiger charge is -2.09. The SMILES string of the molecule is O=C(Nc1cc(Cl)c(Cl)cc1Cl)c1cc(F)cc(F)c1. The van der Waals surface area contributed by atoms with Crippen LogP contribution in [0.4, 0.5) is 14.5 Å². The van der Waals surface area contributed by atoms with Crippen LogP contribution in [0.5, 0.6) is 0 Å². The molecule has 1 amide bonds. The number of rotatable bonds is 2. The van der Waals surface area contributed by atoms with Gasteiger partial charge in [-0.3, -0.25) is 4.79 Å². The summed E-state index contributed by atoms with van der Waals surface area (Å²) in [6.45, 7) is 0. The zero-order valence-electron chi connectivity index (χ0n) is 9.68. The molecule has 2 aromatic rings. The minimum atomic E-state index is -0.851. The van der Waals surface area contributed by atoms with Crippen molar-refractivity contribution in [3.8, 4) is 0 Å². The maximum atomic E-state index is 13.0. The van der Waals surface area contributed by atoms with E-state index >= 15 is 0 Å². The van der Waals surface area contributed by atoms with Gasteiger partial charge in [-0.05, 0) is 24.3 Å². The summed E-state index contributed by atoms with van der Waals surface area (Å²) < 4.78 is 26.1. The van der Waals surface area contributed by atoms with Crippen molar-refractivity contribution < 1.29 is 13.6 Å². The van der Waals surface area contributed by atoms with E-state index in [0.29, 0.717) is 6.07 Å². The van der Waals surface area contributed by atoms with Gasteiger partial charge in [0.1, 0.15) is 11.6 Å². The van der Waals surface area contributed by atoms with Crippen molar-refractivity contribution in [2.75, 3.05) is 5.32 Å². The average Bonchev–Trinajstić information content (AvgIpc) is 2.34. The Bertz CT molecular complexity index is 671. The summed E-state index contributed by atoms with van der Waals surface area (Å²) in [5, 5.41) is 2.98. The fraction of sp³-hybridized carbons (Fsp3) is 0. The molecule has 7 heteroatoms. The van der Waals surface area contributed by atoms with Crippen LogP contribution in [0.15, 0.2) is 30.3 Å². The van der Waals surface area contributed by atoms with Crippen molar-refractivity contribution in [2.24, 2.45) is 0 Å². The smallest absolute Gasteiger partial charge is 0.255 e. The highest BCUT2D eigenvalue weighted by Crippen LogP contribution is 2.32. The molecule has 0 aliphatic heterocycles. The number of hydrogen-bond donors (Lipinski definition) is 1. The lowest BCUT2D eigenvalue weighted by Crippen LogP contribution is -2.13. The molecule has 2 nitrogen and oxygen atoms in total. The van der Waals surface area contributed by atoms with Gasteiger partial charge in [0.05, 0.1) is 20.8 Å². The molecule has 0 spiro atoms. The molecule has 2 rings (SSSR count). The molecular formula is C13H6Cl3F2NO. The predicted octanol–water partition coefficient (Wildman–Crippen LogP) is 5.18. The molecule has 0 bridgehead atoms. The van der Waals surface area contributed by atoms with Crippen LogP contribution < -0.4 is 5.32 Å². The van der Waals surface area contributed by atoms with Gasteiger partial charge < -0.3 is 5.32 Å². The summed E-state index contributed by atoms with van der Waals surface area (Å²) in [7, 11) is 0. The van der Waals surface area contributed by atoms with Crippen LogP contribution in [-0.2, 0) is 0 Å². The molecule has 0 aromatic heterocycles. The summed E-state index contributed by atoms with van der Waals surface area (Å²) in [6, 6.07) is 5.18. The molecule has 2 aromatic carbocycles. The Morgan fingerprint density at radius 2 is 1.40 bits per heavy atom. The highest BCUT2D eigenvalue weighted by atomic mass is 35.5. The van der Waals surface area contributed by atoms with E-state index in [1.807, 2.05) is 0 Å². The van der Waals surface area contributed by atoms with E-state index in [1.165, 1.54) is 12.1 Å². The van der Waals surface area contributed by atoms with E-state index in [-0.39, 0.29) is 26.3 Å². The molecule has 20 heavy (non-hydrogen) atoms. The molecule has 0 radical (unpaired) electrons. The lowest BCUT2D eigenvalue weighted by molar-refractivity contribution is 0.102. The number of carbonyl (C=O) groups excluding carboxylic acids is 1. The third-order valence-corrected chi connectivity index (χ3v) is 3.42. The topological polar surface area (TPSA) is 29.1 Å². The monoisotopic (exact) mass is 335 g/mol. The number of benzene rings is 2. The van der Waals surface area contributed by atoms with Crippen LogP contribution in [-0.4, -0.2) is 5.91 Å². The van der Waals surface area contributed by atoms with E-state index in [4.69, 9.17) is 34.8 Å². The molecule has 0 saturated carbocycles. The maximum absolute atomic E-state index is 13.0. The molecule has 0 atom stereocenters. The summed E-state index contributed by atoms with van der Waals surface area (Å²) in [6.07, 6.45) is 0. The zero-order chi connectivity index (χ0) is 14.9. The van der Waals surface area contributed by atoms with Crippen molar-refractivity contribution in [1.82, 2.24) is 0 Å². The summed E-state index contributed by atoms with van der Waals surface area (Å²) >= 11 is 17.4. The van der Waals surface area contributed by atoms with Crippen LogP contribution in [0, 0.1) is 11.6 Å². The van der Waals surface area contributed by atoms with Gasteiger partial charge in [0.2, 0.25) is 0 Å². The minimum absolute atomic E-state index is 0.157. The van der Waals surface area contributed by atoms with E-state index in [1.54, 1.807) is 0 Å². The van der Waals surface area contributed by atoms with Gasteiger partial charge in [-0.25, -0.2) is 8.78 Å². The van der Waals surface area contributed by atoms with Gasteiger partial charge in [0.15, 0.2) is 0 Å². The molecule has 0 saturated heterocycles. The molecule has 0 fully saturated rings. The fourth-order valence-electron chi connectivity index (χ4n) is 1.50. The van der Waals surface area contributed by atoms with Crippen molar-refractivity contribution in [3.05, 3.63) is 62.6 Å². The van der Waals surface area contributed by atoms with Crippen molar-refractivity contribution in [1.29, 1.82) is 0 Å².